The van der Waals surface area contributed by atoms with Gasteiger partial charge in [0.2, 0.25) is 0 Å². The third kappa shape index (κ3) is 6.26. The first-order valence-corrected chi connectivity index (χ1v) is 6.52. The van der Waals surface area contributed by atoms with Crippen molar-refractivity contribution in [1.82, 2.24) is 5.32 Å². The topological polar surface area (TPSA) is 21.3 Å². The van der Waals surface area contributed by atoms with Gasteiger partial charge in [-0.2, -0.15) is 0 Å². The van der Waals surface area contributed by atoms with Crippen molar-refractivity contribution in [2.75, 3.05) is 6.61 Å². The summed E-state index contributed by atoms with van der Waals surface area (Å²) in [4.78, 5) is 0. The Hall–Kier alpha value is -1.53. The van der Waals surface area contributed by atoms with Gasteiger partial charge in [0, 0.05) is 18.5 Å². The van der Waals surface area contributed by atoms with E-state index in [0.717, 1.165) is 12.0 Å². The average molecular weight is 263 g/mol. The fraction of sp³-hybridized carbons (Fsp3) is 0.500. The van der Waals surface area contributed by atoms with Gasteiger partial charge in [0.05, 0.1) is 6.61 Å². The van der Waals surface area contributed by atoms with Crippen LogP contribution in [0.4, 0.5) is 4.39 Å². The lowest BCUT2D eigenvalue weighted by molar-refractivity contribution is 0.297. The van der Waals surface area contributed by atoms with E-state index in [1.165, 1.54) is 6.07 Å². The molecule has 0 aliphatic heterocycles. The number of hydrogen-bond donors (Lipinski definition) is 1. The molecule has 3 heteroatoms. The van der Waals surface area contributed by atoms with E-state index in [9.17, 15) is 4.39 Å². The van der Waals surface area contributed by atoms with Crippen molar-refractivity contribution in [2.24, 2.45) is 0 Å². The molecule has 19 heavy (non-hydrogen) atoms. The van der Waals surface area contributed by atoms with E-state index in [-0.39, 0.29) is 17.1 Å². The second kappa shape index (κ2) is 7.16. The van der Waals surface area contributed by atoms with Crippen molar-refractivity contribution in [3.8, 4) is 18.1 Å². The van der Waals surface area contributed by atoms with Gasteiger partial charge in [-0.1, -0.05) is 6.07 Å². The van der Waals surface area contributed by atoms with Crippen molar-refractivity contribution in [3.63, 3.8) is 0 Å². The quantitative estimate of drug-likeness (QED) is 0.626. The van der Waals surface area contributed by atoms with E-state index < -0.39 is 0 Å². The molecule has 0 saturated heterocycles. The summed E-state index contributed by atoms with van der Waals surface area (Å²) in [7, 11) is 0. The summed E-state index contributed by atoms with van der Waals surface area (Å²) < 4.78 is 19.1. The van der Waals surface area contributed by atoms with Crippen LogP contribution in [-0.2, 0) is 6.54 Å². The Labute approximate surface area is 115 Å². The highest BCUT2D eigenvalue weighted by Crippen LogP contribution is 2.19. The monoisotopic (exact) mass is 263 g/mol. The molecule has 0 saturated carbocycles. The number of halogens is 1. The van der Waals surface area contributed by atoms with Crippen molar-refractivity contribution in [2.45, 2.75) is 45.7 Å². The molecule has 0 aliphatic carbocycles. The molecule has 0 fully saturated rings. The Kier molecular flexibility index (Phi) is 5.85. The highest BCUT2D eigenvalue weighted by atomic mass is 19.1. The zero-order valence-corrected chi connectivity index (χ0v) is 11.9. The standard InChI is InChI=1S/C16H22FNO/c1-5-6-7-10-19-15-9-8-13(11-14(15)17)12-18-16(2,3)4/h1,8-9,11,18H,6-7,10,12H2,2-4H3. The lowest BCUT2D eigenvalue weighted by Gasteiger charge is -2.20. The number of benzene rings is 1. The molecule has 1 aromatic rings. The molecular weight excluding hydrogens is 241 g/mol. The maximum absolute atomic E-state index is 13.8. The number of nitrogens with one attached hydrogen (secondary N) is 1. The molecule has 0 bridgehead atoms. The molecule has 0 unspecified atom stereocenters. The van der Waals surface area contributed by atoms with Crippen LogP contribution in [0.5, 0.6) is 5.75 Å². The van der Waals surface area contributed by atoms with Crippen LogP contribution < -0.4 is 10.1 Å². The Morgan fingerprint density at radius 1 is 1.37 bits per heavy atom. The van der Waals surface area contributed by atoms with Gasteiger partial charge in [-0.15, -0.1) is 12.3 Å². The van der Waals surface area contributed by atoms with Gasteiger partial charge < -0.3 is 10.1 Å². The number of hydrogen-bond acceptors (Lipinski definition) is 2. The Morgan fingerprint density at radius 3 is 2.68 bits per heavy atom. The molecule has 0 heterocycles. The largest absolute Gasteiger partial charge is 0.490 e. The maximum atomic E-state index is 13.8. The molecule has 0 spiro atoms. The Bertz CT molecular complexity index is 443. The highest BCUT2D eigenvalue weighted by Gasteiger charge is 2.10. The highest BCUT2D eigenvalue weighted by molar-refractivity contribution is 5.29. The van der Waals surface area contributed by atoms with Gasteiger partial charge in [-0.3, -0.25) is 0 Å². The van der Waals surface area contributed by atoms with Crippen LogP contribution in [0.1, 0.15) is 39.2 Å². The molecule has 0 aromatic heterocycles. The summed E-state index contributed by atoms with van der Waals surface area (Å²) in [6.07, 6.45) is 6.53. The minimum atomic E-state index is -0.325. The molecule has 1 N–H and O–H groups in total. The second-order valence-electron chi connectivity index (χ2n) is 5.52. The van der Waals surface area contributed by atoms with Gasteiger partial charge in [-0.25, -0.2) is 4.39 Å². The van der Waals surface area contributed by atoms with Crippen molar-refractivity contribution in [3.05, 3.63) is 29.6 Å². The average Bonchev–Trinajstić information content (AvgIpc) is 2.33. The van der Waals surface area contributed by atoms with Crippen molar-refractivity contribution >= 4 is 0 Å². The van der Waals surface area contributed by atoms with Gasteiger partial charge in [0.1, 0.15) is 0 Å². The SMILES string of the molecule is C#CCCCOc1ccc(CNC(C)(C)C)cc1F. The molecule has 1 rings (SSSR count). The first kappa shape index (κ1) is 15.5. The normalized spacial score (nSPS) is 11.1. The predicted molar refractivity (Wildman–Crippen MR) is 76.6 cm³/mol. The molecule has 104 valence electrons. The summed E-state index contributed by atoms with van der Waals surface area (Å²) >= 11 is 0. The zero-order valence-electron chi connectivity index (χ0n) is 11.9. The van der Waals surface area contributed by atoms with Crippen LogP contribution in [-0.4, -0.2) is 12.1 Å². The number of unbranched alkanes of at least 4 members (excludes halogenated alkanes) is 1. The predicted octanol–water partition coefficient (Wildman–Crippen LogP) is 3.51. The fourth-order valence-corrected chi connectivity index (χ4v) is 1.49. The third-order valence-corrected chi connectivity index (χ3v) is 2.54. The summed E-state index contributed by atoms with van der Waals surface area (Å²) in [6.45, 7) is 7.31. The molecule has 1 aromatic carbocycles. The van der Waals surface area contributed by atoms with Gasteiger partial charge in [0.25, 0.3) is 0 Å². The summed E-state index contributed by atoms with van der Waals surface area (Å²) in [5.74, 6) is 2.49. The molecule has 0 radical (unpaired) electrons. The van der Waals surface area contributed by atoms with Crippen molar-refractivity contribution < 1.29 is 9.13 Å². The Morgan fingerprint density at radius 2 is 2.11 bits per heavy atom. The summed E-state index contributed by atoms with van der Waals surface area (Å²) in [5, 5.41) is 3.32. The van der Waals surface area contributed by atoms with Crippen molar-refractivity contribution in [1.29, 1.82) is 0 Å². The van der Waals surface area contributed by atoms with Crippen LogP contribution in [0.2, 0.25) is 0 Å². The van der Waals surface area contributed by atoms with Crippen LogP contribution in [0.3, 0.4) is 0 Å². The summed E-state index contributed by atoms with van der Waals surface area (Å²) in [6, 6.07) is 5.05. The lowest BCUT2D eigenvalue weighted by Crippen LogP contribution is -2.35. The van der Waals surface area contributed by atoms with Gasteiger partial charge in [0.15, 0.2) is 11.6 Å². The molecule has 2 nitrogen and oxygen atoms in total. The van der Waals surface area contributed by atoms with E-state index in [1.807, 2.05) is 6.07 Å². The summed E-state index contributed by atoms with van der Waals surface area (Å²) in [5.41, 5.74) is 0.921. The van der Waals surface area contributed by atoms with Crippen LogP contribution >= 0.6 is 0 Å². The minimum Gasteiger partial charge on any atom is -0.490 e. The van der Waals surface area contributed by atoms with E-state index in [0.29, 0.717) is 19.6 Å². The smallest absolute Gasteiger partial charge is 0.165 e. The zero-order chi connectivity index (χ0) is 14.3. The van der Waals surface area contributed by atoms with E-state index in [2.05, 4.69) is 32.0 Å². The molecular formula is C16H22FNO. The van der Waals surface area contributed by atoms with E-state index >= 15 is 0 Å². The van der Waals surface area contributed by atoms with Crippen LogP contribution in [0, 0.1) is 18.2 Å². The number of rotatable bonds is 6. The fourth-order valence-electron chi connectivity index (χ4n) is 1.49. The molecule has 0 atom stereocenters. The molecule has 0 aliphatic rings. The van der Waals surface area contributed by atoms with Gasteiger partial charge >= 0.3 is 0 Å². The van der Waals surface area contributed by atoms with E-state index in [4.69, 9.17) is 11.2 Å². The Balaban J connectivity index is 2.52. The minimum absolute atomic E-state index is 0.0148. The second-order valence-corrected chi connectivity index (χ2v) is 5.52. The first-order valence-electron chi connectivity index (χ1n) is 6.52. The van der Waals surface area contributed by atoms with E-state index in [1.54, 1.807) is 6.07 Å². The van der Waals surface area contributed by atoms with Crippen LogP contribution in [0.15, 0.2) is 18.2 Å². The van der Waals surface area contributed by atoms with Gasteiger partial charge in [-0.05, 0) is 44.9 Å². The molecule has 0 amide bonds. The number of terminal acetylenes is 1. The maximum Gasteiger partial charge on any atom is 0.165 e. The lowest BCUT2D eigenvalue weighted by atomic mass is 10.1. The van der Waals surface area contributed by atoms with Crippen LogP contribution in [0.25, 0.3) is 0 Å². The first-order chi connectivity index (χ1) is 8.92. The number of ether oxygens (including phenoxy) is 1. The third-order valence-electron chi connectivity index (χ3n) is 2.54.